The number of hydrogen-bond acceptors (Lipinski definition) is 5. The number of methoxy groups -OCH3 is 2. The second-order valence-corrected chi connectivity index (χ2v) is 7.38. The Kier molecular flexibility index (Phi) is 4.08. The van der Waals surface area contributed by atoms with Crippen LogP contribution in [0.3, 0.4) is 0 Å². The standard InChI is InChI=1S/C23H22NO5/c1-13(25)8-18-22-15(4-5-19(26-2)23(22)27-3)9-17-16-11-21-20(28-12-29-21)10-14(16)6-7-24(17)18/h4-5,9-11H,6-8,12H2,1-3H3/q+1. The van der Waals surface area contributed by atoms with E-state index in [1.54, 1.807) is 21.1 Å². The van der Waals surface area contributed by atoms with Gasteiger partial charge >= 0.3 is 0 Å². The Labute approximate surface area is 168 Å². The summed E-state index contributed by atoms with van der Waals surface area (Å²) in [5, 5.41) is 1.94. The van der Waals surface area contributed by atoms with E-state index in [2.05, 4.69) is 16.7 Å². The molecular weight excluding hydrogens is 370 g/mol. The normalized spacial score (nSPS) is 13.8. The Balaban J connectivity index is 1.84. The van der Waals surface area contributed by atoms with Gasteiger partial charge in [-0.25, -0.2) is 0 Å². The lowest BCUT2D eigenvalue weighted by Gasteiger charge is -2.20. The highest BCUT2D eigenvalue weighted by Gasteiger charge is 2.32. The summed E-state index contributed by atoms with van der Waals surface area (Å²) in [7, 11) is 3.26. The molecule has 1 aromatic heterocycles. The smallest absolute Gasteiger partial charge is 0.231 e. The first-order valence-corrected chi connectivity index (χ1v) is 9.63. The first-order chi connectivity index (χ1) is 14.1. The molecule has 6 heteroatoms. The molecule has 0 fully saturated rings. The molecule has 0 amide bonds. The number of ketones is 1. The van der Waals surface area contributed by atoms with Crippen LogP contribution in [0.25, 0.3) is 22.0 Å². The fourth-order valence-electron chi connectivity index (χ4n) is 4.43. The predicted molar refractivity (Wildman–Crippen MR) is 107 cm³/mol. The van der Waals surface area contributed by atoms with Gasteiger partial charge in [0.25, 0.3) is 0 Å². The molecule has 0 saturated carbocycles. The fraction of sp³-hybridized carbons (Fsp3) is 0.304. The molecule has 0 bridgehead atoms. The molecule has 5 rings (SSSR count). The lowest BCUT2D eigenvalue weighted by atomic mass is 9.93. The number of ether oxygens (including phenoxy) is 4. The number of benzene rings is 2. The third-order valence-electron chi connectivity index (χ3n) is 5.67. The summed E-state index contributed by atoms with van der Waals surface area (Å²) in [5.74, 6) is 2.98. The number of Topliss-reactive ketones (excluding diaryl/α,β-unsaturated/α-hetero) is 1. The van der Waals surface area contributed by atoms with Gasteiger partial charge in [0, 0.05) is 12.5 Å². The van der Waals surface area contributed by atoms with Gasteiger partial charge in [0.05, 0.1) is 31.6 Å². The highest BCUT2D eigenvalue weighted by atomic mass is 16.7. The Hall–Kier alpha value is -3.28. The maximum atomic E-state index is 12.2. The van der Waals surface area contributed by atoms with Crippen molar-refractivity contribution < 1.29 is 28.3 Å². The van der Waals surface area contributed by atoms with E-state index in [1.807, 2.05) is 18.2 Å². The quantitative estimate of drug-likeness (QED) is 0.638. The highest BCUT2D eigenvalue weighted by Crippen LogP contribution is 2.42. The van der Waals surface area contributed by atoms with Gasteiger partial charge in [0.2, 0.25) is 18.2 Å². The van der Waals surface area contributed by atoms with Gasteiger partial charge in [-0.15, -0.1) is 0 Å². The van der Waals surface area contributed by atoms with Crippen molar-refractivity contribution in [3.05, 3.63) is 41.6 Å². The first kappa shape index (κ1) is 17.8. The molecule has 2 aliphatic rings. The van der Waals surface area contributed by atoms with Crippen molar-refractivity contribution >= 4 is 16.6 Å². The van der Waals surface area contributed by atoms with Crippen molar-refractivity contribution in [1.82, 2.24) is 0 Å². The number of aromatic nitrogens is 1. The van der Waals surface area contributed by atoms with Crippen LogP contribution >= 0.6 is 0 Å². The second kappa shape index (κ2) is 6.65. The molecule has 2 aliphatic heterocycles. The van der Waals surface area contributed by atoms with Crippen LogP contribution in [0.5, 0.6) is 23.0 Å². The Morgan fingerprint density at radius 3 is 2.62 bits per heavy atom. The molecule has 0 aliphatic carbocycles. The molecule has 0 N–H and O–H groups in total. The summed E-state index contributed by atoms with van der Waals surface area (Å²) in [5.41, 5.74) is 4.36. The minimum Gasteiger partial charge on any atom is -0.493 e. The van der Waals surface area contributed by atoms with E-state index >= 15 is 0 Å². The summed E-state index contributed by atoms with van der Waals surface area (Å²) in [6.07, 6.45) is 1.18. The zero-order valence-electron chi connectivity index (χ0n) is 16.7. The Bertz CT molecular complexity index is 1170. The molecule has 3 heterocycles. The van der Waals surface area contributed by atoms with E-state index in [4.69, 9.17) is 18.9 Å². The van der Waals surface area contributed by atoms with Crippen molar-refractivity contribution in [1.29, 1.82) is 0 Å². The SMILES string of the molecule is COc1ccc2cc3[n+](c(CC(C)=O)c2c1OC)CCc1cc2c(cc1-3)OCO2. The van der Waals surface area contributed by atoms with Gasteiger partial charge < -0.3 is 18.9 Å². The molecule has 0 saturated heterocycles. The van der Waals surface area contributed by atoms with Gasteiger partial charge in [0.15, 0.2) is 29.5 Å². The average molecular weight is 392 g/mol. The van der Waals surface area contributed by atoms with Crippen molar-refractivity contribution in [2.75, 3.05) is 21.0 Å². The summed E-state index contributed by atoms with van der Waals surface area (Å²) >= 11 is 0. The minimum atomic E-state index is 0.105. The predicted octanol–water partition coefficient (Wildman–Crippen LogP) is 3.23. The molecule has 6 nitrogen and oxygen atoms in total. The van der Waals surface area contributed by atoms with Crippen molar-refractivity contribution in [3.8, 4) is 34.3 Å². The van der Waals surface area contributed by atoms with Crippen LogP contribution in [-0.4, -0.2) is 26.8 Å². The van der Waals surface area contributed by atoms with E-state index in [9.17, 15) is 4.79 Å². The average Bonchev–Trinajstić information content (AvgIpc) is 3.18. The number of hydrogen-bond donors (Lipinski definition) is 0. The minimum absolute atomic E-state index is 0.105. The van der Waals surface area contributed by atoms with Crippen molar-refractivity contribution in [3.63, 3.8) is 0 Å². The van der Waals surface area contributed by atoms with Gasteiger partial charge in [-0.05, 0) is 42.1 Å². The topological polar surface area (TPSA) is 57.9 Å². The first-order valence-electron chi connectivity index (χ1n) is 9.63. The number of carbonyl (C=O) groups excluding carboxylic acids is 1. The molecule has 0 radical (unpaired) electrons. The van der Waals surface area contributed by atoms with Crippen LogP contribution in [-0.2, 0) is 24.2 Å². The Morgan fingerprint density at radius 1 is 1.10 bits per heavy atom. The molecule has 3 aromatic rings. The van der Waals surface area contributed by atoms with Crippen LogP contribution in [0.15, 0.2) is 30.3 Å². The molecular formula is C23H22NO5+. The largest absolute Gasteiger partial charge is 0.493 e. The zero-order valence-corrected chi connectivity index (χ0v) is 16.7. The molecule has 2 aromatic carbocycles. The number of fused-ring (bicyclic) bond motifs is 5. The van der Waals surface area contributed by atoms with Gasteiger partial charge in [-0.1, -0.05) is 0 Å². The number of nitrogens with zero attached hydrogens (tertiary/aromatic N) is 1. The van der Waals surface area contributed by atoms with Gasteiger partial charge in [0.1, 0.15) is 5.78 Å². The monoisotopic (exact) mass is 392 g/mol. The molecule has 0 atom stereocenters. The van der Waals surface area contributed by atoms with Crippen LogP contribution in [0.2, 0.25) is 0 Å². The van der Waals surface area contributed by atoms with Crippen molar-refractivity contribution in [2.24, 2.45) is 0 Å². The Morgan fingerprint density at radius 2 is 1.90 bits per heavy atom. The van der Waals surface area contributed by atoms with E-state index in [-0.39, 0.29) is 12.6 Å². The van der Waals surface area contributed by atoms with Gasteiger partial charge in [-0.3, -0.25) is 4.79 Å². The van der Waals surface area contributed by atoms with Crippen LogP contribution in [0, 0.1) is 0 Å². The molecule has 148 valence electrons. The van der Waals surface area contributed by atoms with Gasteiger partial charge in [-0.2, -0.15) is 4.57 Å². The molecule has 0 unspecified atom stereocenters. The number of carbonyl (C=O) groups is 1. The second-order valence-electron chi connectivity index (χ2n) is 7.38. The number of aryl methyl sites for hydroxylation is 1. The van der Waals surface area contributed by atoms with Crippen molar-refractivity contribution in [2.45, 2.75) is 26.3 Å². The third kappa shape index (κ3) is 2.70. The summed E-state index contributed by atoms with van der Waals surface area (Å²) in [4.78, 5) is 12.2. The summed E-state index contributed by atoms with van der Waals surface area (Å²) in [6, 6.07) is 10.2. The number of rotatable bonds is 4. The molecule has 29 heavy (non-hydrogen) atoms. The van der Waals surface area contributed by atoms with E-state index < -0.39 is 0 Å². The number of pyridine rings is 1. The zero-order chi connectivity index (χ0) is 20.1. The summed E-state index contributed by atoms with van der Waals surface area (Å²) < 4.78 is 24.6. The van der Waals surface area contributed by atoms with E-state index in [0.717, 1.165) is 52.2 Å². The highest BCUT2D eigenvalue weighted by molar-refractivity contribution is 5.96. The molecule has 0 spiro atoms. The fourth-order valence-corrected chi connectivity index (χ4v) is 4.43. The van der Waals surface area contributed by atoms with Crippen LogP contribution in [0.1, 0.15) is 18.2 Å². The third-order valence-corrected chi connectivity index (χ3v) is 5.67. The summed E-state index contributed by atoms with van der Waals surface area (Å²) in [6.45, 7) is 2.65. The maximum Gasteiger partial charge on any atom is 0.231 e. The van der Waals surface area contributed by atoms with E-state index in [1.165, 1.54) is 5.56 Å². The van der Waals surface area contributed by atoms with E-state index in [0.29, 0.717) is 17.9 Å². The lowest BCUT2D eigenvalue weighted by molar-refractivity contribution is -0.692. The van der Waals surface area contributed by atoms with Crippen LogP contribution < -0.4 is 23.5 Å². The van der Waals surface area contributed by atoms with Crippen LogP contribution in [0.4, 0.5) is 0 Å². The maximum absolute atomic E-state index is 12.2. The lowest BCUT2D eigenvalue weighted by Crippen LogP contribution is -2.45.